The molecule has 2 atom stereocenters. The van der Waals surface area contributed by atoms with Gasteiger partial charge in [-0.2, -0.15) is 0 Å². The van der Waals surface area contributed by atoms with E-state index in [9.17, 15) is 19.5 Å². The molecule has 8 heteroatoms. The minimum absolute atomic E-state index is 0.00601. The minimum Gasteiger partial charge on any atom is -0.544 e. The number of aliphatic carboxylic acids is 1. The summed E-state index contributed by atoms with van der Waals surface area (Å²) in [6.07, 6.45) is 44.4. The second-order valence-electron chi connectivity index (χ2n) is 13.6. The first-order chi connectivity index (χ1) is 25.1. The van der Waals surface area contributed by atoms with E-state index >= 15 is 0 Å². The van der Waals surface area contributed by atoms with Crippen molar-refractivity contribution in [3.8, 4) is 0 Å². The second-order valence-corrected chi connectivity index (χ2v) is 13.6. The zero-order chi connectivity index (χ0) is 38.5. The van der Waals surface area contributed by atoms with E-state index in [0.29, 0.717) is 6.42 Å². The number of hydrogen-bond acceptors (Lipinski definition) is 7. The number of carboxylic acid groups (broad SMARTS) is 1. The van der Waals surface area contributed by atoms with Gasteiger partial charge in [-0.1, -0.05) is 143 Å². The van der Waals surface area contributed by atoms with E-state index in [4.69, 9.17) is 14.2 Å². The molecule has 0 saturated heterocycles. The highest BCUT2D eigenvalue weighted by atomic mass is 16.6. The Labute approximate surface area is 316 Å². The Morgan fingerprint density at radius 3 is 1.56 bits per heavy atom. The number of ether oxygens (including phenoxy) is 3. The lowest BCUT2D eigenvalue weighted by atomic mass is 10.1. The Hall–Kier alpha value is -3.75. The van der Waals surface area contributed by atoms with Gasteiger partial charge in [0.05, 0.1) is 40.3 Å². The van der Waals surface area contributed by atoms with Crippen LogP contribution in [0.1, 0.15) is 110 Å². The number of carbonyl (C=O) groups is 3. The number of allylic oxidation sites excluding steroid dienone is 16. The van der Waals surface area contributed by atoms with Crippen molar-refractivity contribution in [3.05, 3.63) is 97.2 Å². The second kappa shape index (κ2) is 34.3. The molecule has 0 aliphatic rings. The standard InChI is InChI=1S/C44H69NO7/c1-6-8-10-12-14-16-18-20-21-23-25-27-29-31-33-35-43(47)52-40(38-50-37-36-41(44(48)49)45(3,4)5)39-51-42(46)34-32-30-28-26-24-22-19-17-15-13-11-9-7-2/h8-19,22,24,26,28,40-41H,6-7,20-21,23,25,27,29-39H2,1-5H3/b10-8+,11-9+,14-12+,15-13+,18-16+,19-17+,24-22+,28-26+. The van der Waals surface area contributed by atoms with Gasteiger partial charge >= 0.3 is 11.9 Å². The molecule has 0 fully saturated rings. The fraction of sp³-hybridized carbons (Fsp3) is 0.568. The molecule has 0 rings (SSSR count). The lowest BCUT2D eigenvalue weighted by Crippen LogP contribution is -2.55. The molecule has 52 heavy (non-hydrogen) atoms. The van der Waals surface area contributed by atoms with Crippen LogP contribution in [0.4, 0.5) is 0 Å². The first-order valence-corrected chi connectivity index (χ1v) is 19.4. The summed E-state index contributed by atoms with van der Waals surface area (Å²) >= 11 is 0. The summed E-state index contributed by atoms with van der Waals surface area (Å²) in [6, 6.07) is -0.743. The first-order valence-electron chi connectivity index (χ1n) is 19.4. The van der Waals surface area contributed by atoms with E-state index in [0.717, 1.165) is 51.4 Å². The molecule has 0 bridgehead atoms. The molecule has 292 valence electrons. The largest absolute Gasteiger partial charge is 0.544 e. The van der Waals surface area contributed by atoms with Crippen LogP contribution in [0.3, 0.4) is 0 Å². The number of unbranched alkanes of at least 4 members (excludes halogenated alkanes) is 8. The molecular formula is C44H69NO7. The topological polar surface area (TPSA) is 102 Å². The van der Waals surface area contributed by atoms with Crippen molar-refractivity contribution >= 4 is 17.9 Å². The van der Waals surface area contributed by atoms with Crippen LogP contribution in [0.5, 0.6) is 0 Å². The molecule has 8 nitrogen and oxygen atoms in total. The van der Waals surface area contributed by atoms with Crippen molar-refractivity contribution in [1.29, 1.82) is 0 Å². The highest BCUT2D eigenvalue weighted by molar-refractivity contribution is 5.70. The molecule has 0 N–H and O–H groups in total. The van der Waals surface area contributed by atoms with Gasteiger partial charge in [-0.25, -0.2) is 0 Å². The molecule has 0 aromatic carbocycles. The van der Waals surface area contributed by atoms with Crippen molar-refractivity contribution in [2.24, 2.45) is 0 Å². The third-order valence-corrected chi connectivity index (χ3v) is 7.91. The molecule has 0 heterocycles. The Kier molecular flexibility index (Phi) is 31.9. The van der Waals surface area contributed by atoms with Crippen LogP contribution in [0.15, 0.2) is 97.2 Å². The predicted molar refractivity (Wildman–Crippen MR) is 212 cm³/mol. The minimum atomic E-state index is -1.14. The Morgan fingerprint density at radius 2 is 1.04 bits per heavy atom. The number of carbonyl (C=O) groups excluding carboxylic acids is 3. The van der Waals surface area contributed by atoms with Crippen LogP contribution in [-0.2, 0) is 28.6 Å². The summed E-state index contributed by atoms with van der Waals surface area (Å²) in [4.78, 5) is 36.7. The van der Waals surface area contributed by atoms with E-state index < -0.39 is 18.1 Å². The smallest absolute Gasteiger partial charge is 0.306 e. The monoisotopic (exact) mass is 724 g/mol. The average molecular weight is 724 g/mol. The van der Waals surface area contributed by atoms with E-state index in [2.05, 4.69) is 56.4 Å². The van der Waals surface area contributed by atoms with Gasteiger partial charge < -0.3 is 28.6 Å². The zero-order valence-corrected chi connectivity index (χ0v) is 32.9. The fourth-order valence-corrected chi connectivity index (χ4v) is 4.92. The van der Waals surface area contributed by atoms with Gasteiger partial charge in [-0.15, -0.1) is 0 Å². The molecule has 0 aliphatic heterocycles. The van der Waals surface area contributed by atoms with Gasteiger partial charge in [0.25, 0.3) is 0 Å². The Bertz CT molecular complexity index is 1170. The lowest BCUT2D eigenvalue weighted by Gasteiger charge is -2.34. The maximum atomic E-state index is 12.7. The third kappa shape index (κ3) is 32.2. The number of esters is 2. The number of nitrogens with zero attached hydrogens (tertiary/aromatic N) is 1. The van der Waals surface area contributed by atoms with E-state index in [1.807, 2.05) is 54.7 Å². The maximum absolute atomic E-state index is 12.7. The molecule has 0 aromatic rings. The SMILES string of the molecule is CC/C=C/C=C/C=C/C=C/C=C/CCCC(=O)OCC(COCCC(C(=O)[O-])[N+](C)(C)C)OC(=O)CCCCCCCCC/C=C/C=C/C=C/CC. The van der Waals surface area contributed by atoms with E-state index in [1.54, 1.807) is 21.1 Å². The normalized spacial score (nSPS) is 14.1. The van der Waals surface area contributed by atoms with Gasteiger partial charge in [0, 0.05) is 19.3 Å². The molecule has 0 spiro atoms. The number of likely N-dealkylation sites (N-methyl/N-ethyl adjacent to an activating group) is 1. The number of rotatable bonds is 32. The molecule has 0 aromatic heterocycles. The summed E-state index contributed by atoms with van der Waals surface area (Å²) in [7, 11) is 5.36. The summed E-state index contributed by atoms with van der Waals surface area (Å²) in [5, 5.41) is 11.6. The Morgan fingerprint density at radius 1 is 0.577 bits per heavy atom. The number of quaternary nitrogens is 1. The highest BCUT2D eigenvalue weighted by Gasteiger charge is 2.25. The maximum Gasteiger partial charge on any atom is 0.306 e. The van der Waals surface area contributed by atoms with Crippen molar-refractivity contribution in [2.75, 3.05) is 41.0 Å². The first kappa shape index (κ1) is 48.2. The summed E-state index contributed by atoms with van der Waals surface area (Å²) in [5.74, 6) is -1.87. The van der Waals surface area contributed by atoms with Crippen LogP contribution in [0.25, 0.3) is 0 Å². The van der Waals surface area contributed by atoms with E-state index in [1.165, 1.54) is 19.3 Å². The highest BCUT2D eigenvalue weighted by Crippen LogP contribution is 2.12. The number of carboxylic acids is 1. The van der Waals surface area contributed by atoms with Crippen LogP contribution < -0.4 is 5.11 Å². The van der Waals surface area contributed by atoms with Gasteiger partial charge in [0.15, 0.2) is 6.10 Å². The van der Waals surface area contributed by atoms with Crippen LogP contribution in [0, 0.1) is 0 Å². The van der Waals surface area contributed by atoms with Crippen LogP contribution >= 0.6 is 0 Å². The van der Waals surface area contributed by atoms with Gasteiger partial charge in [-0.05, 0) is 44.9 Å². The van der Waals surface area contributed by atoms with Crippen molar-refractivity contribution < 1.29 is 38.2 Å². The lowest BCUT2D eigenvalue weighted by molar-refractivity contribution is -0.889. The van der Waals surface area contributed by atoms with Gasteiger partial charge in [-0.3, -0.25) is 9.59 Å². The number of hydrogen-bond donors (Lipinski definition) is 0. The molecule has 0 aliphatic carbocycles. The molecule has 0 saturated carbocycles. The van der Waals surface area contributed by atoms with Crippen molar-refractivity contribution in [1.82, 2.24) is 0 Å². The molecular weight excluding hydrogens is 654 g/mol. The predicted octanol–water partition coefficient (Wildman–Crippen LogP) is 8.62. The average Bonchev–Trinajstić information content (AvgIpc) is 3.09. The van der Waals surface area contributed by atoms with Crippen molar-refractivity contribution in [2.45, 2.75) is 122 Å². The molecule has 0 amide bonds. The molecule has 2 unspecified atom stereocenters. The summed E-state index contributed by atoms with van der Waals surface area (Å²) in [6.45, 7) is 4.25. The third-order valence-electron chi connectivity index (χ3n) is 7.91. The van der Waals surface area contributed by atoms with Gasteiger partial charge in [0.2, 0.25) is 0 Å². The quantitative estimate of drug-likeness (QED) is 0.0297. The zero-order valence-electron chi connectivity index (χ0n) is 32.9. The summed E-state index contributed by atoms with van der Waals surface area (Å²) < 4.78 is 17.0. The Balaban J connectivity index is 4.57. The van der Waals surface area contributed by atoms with Crippen LogP contribution in [0.2, 0.25) is 0 Å². The van der Waals surface area contributed by atoms with Crippen molar-refractivity contribution in [3.63, 3.8) is 0 Å². The van der Waals surface area contributed by atoms with Crippen LogP contribution in [-0.4, -0.2) is 75.5 Å². The summed E-state index contributed by atoms with van der Waals surface area (Å²) in [5.41, 5.74) is 0. The van der Waals surface area contributed by atoms with E-state index in [-0.39, 0.29) is 55.5 Å². The van der Waals surface area contributed by atoms with Gasteiger partial charge in [0.1, 0.15) is 12.6 Å². The fourth-order valence-electron chi connectivity index (χ4n) is 4.92. The molecule has 0 radical (unpaired) electrons.